The van der Waals surface area contributed by atoms with Gasteiger partial charge in [0.25, 0.3) is 5.91 Å². The molecule has 0 aliphatic carbocycles. The Hall–Kier alpha value is -1.85. The molecule has 1 aromatic rings. The van der Waals surface area contributed by atoms with E-state index in [4.69, 9.17) is 4.74 Å². The highest BCUT2D eigenvalue weighted by molar-refractivity contribution is 5.92. The normalized spacial score (nSPS) is 19.3. The number of carbonyl (C=O) groups is 2. The van der Waals surface area contributed by atoms with Crippen LogP contribution in [0, 0.1) is 5.92 Å². The average molecular weight is 265 g/mol. The van der Waals surface area contributed by atoms with E-state index in [0.29, 0.717) is 25.4 Å². The average Bonchev–Trinajstić information content (AvgIpc) is 2.84. The number of rotatable bonds is 3. The first-order chi connectivity index (χ1) is 9.13. The Morgan fingerprint density at radius 2 is 2.32 bits per heavy atom. The highest BCUT2D eigenvalue weighted by Crippen LogP contribution is 2.19. The van der Waals surface area contributed by atoms with Crippen molar-refractivity contribution in [2.75, 3.05) is 19.7 Å². The number of likely N-dealkylation sites (tertiary alicyclic amines) is 1. The lowest BCUT2D eigenvalue weighted by Crippen LogP contribution is -2.43. The summed E-state index contributed by atoms with van der Waals surface area (Å²) < 4.78 is 6.72. The van der Waals surface area contributed by atoms with Crippen LogP contribution in [0.2, 0.25) is 0 Å². The van der Waals surface area contributed by atoms with E-state index in [1.165, 1.54) is 0 Å². The molecular weight excluding hydrogens is 246 g/mol. The van der Waals surface area contributed by atoms with Crippen LogP contribution in [-0.4, -0.2) is 46.0 Å². The van der Waals surface area contributed by atoms with Gasteiger partial charge in [-0.3, -0.25) is 9.59 Å². The van der Waals surface area contributed by atoms with Crippen LogP contribution < -0.4 is 0 Å². The first-order valence-corrected chi connectivity index (χ1v) is 6.55. The van der Waals surface area contributed by atoms with Gasteiger partial charge in [0.15, 0.2) is 0 Å². The number of aryl methyl sites for hydroxylation is 1. The van der Waals surface area contributed by atoms with E-state index in [1.807, 2.05) is 0 Å². The molecule has 0 spiro atoms. The monoisotopic (exact) mass is 265 g/mol. The number of esters is 1. The van der Waals surface area contributed by atoms with Crippen LogP contribution in [0.25, 0.3) is 0 Å². The first kappa shape index (κ1) is 13.6. The molecule has 6 nitrogen and oxygen atoms in total. The summed E-state index contributed by atoms with van der Waals surface area (Å²) >= 11 is 0. The van der Waals surface area contributed by atoms with Crippen LogP contribution in [0.5, 0.6) is 0 Å². The van der Waals surface area contributed by atoms with Crippen molar-refractivity contribution in [3.05, 3.63) is 18.2 Å². The van der Waals surface area contributed by atoms with Gasteiger partial charge in [-0.05, 0) is 19.8 Å². The van der Waals surface area contributed by atoms with Crippen LogP contribution in [0.1, 0.15) is 30.3 Å². The first-order valence-electron chi connectivity index (χ1n) is 6.55. The zero-order valence-corrected chi connectivity index (χ0v) is 11.3. The number of carbonyl (C=O) groups excluding carboxylic acids is 2. The summed E-state index contributed by atoms with van der Waals surface area (Å²) in [6.45, 7) is 3.28. The number of amides is 1. The van der Waals surface area contributed by atoms with Gasteiger partial charge in [0.1, 0.15) is 5.69 Å². The minimum Gasteiger partial charge on any atom is -0.466 e. The van der Waals surface area contributed by atoms with Crippen molar-refractivity contribution in [2.24, 2.45) is 13.0 Å². The fraction of sp³-hybridized carbons (Fsp3) is 0.615. The summed E-state index contributed by atoms with van der Waals surface area (Å²) in [6.07, 6.45) is 4.76. The highest BCUT2D eigenvalue weighted by Gasteiger charge is 2.30. The van der Waals surface area contributed by atoms with Gasteiger partial charge in [0.05, 0.1) is 25.0 Å². The van der Waals surface area contributed by atoms with E-state index in [2.05, 4.69) is 4.98 Å². The Morgan fingerprint density at radius 3 is 2.95 bits per heavy atom. The van der Waals surface area contributed by atoms with Gasteiger partial charge in [0.2, 0.25) is 0 Å². The van der Waals surface area contributed by atoms with Crippen LogP contribution in [0.3, 0.4) is 0 Å². The van der Waals surface area contributed by atoms with E-state index >= 15 is 0 Å². The third-order valence-corrected chi connectivity index (χ3v) is 3.36. The number of piperidine rings is 1. The largest absolute Gasteiger partial charge is 0.466 e. The molecule has 1 aliphatic rings. The van der Waals surface area contributed by atoms with Gasteiger partial charge in [0, 0.05) is 20.1 Å². The summed E-state index contributed by atoms with van der Waals surface area (Å²) in [5.41, 5.74) is 0.546. The Labute approximate surface area is 112 Å². The molecule has 1 amide bonds. The smallest absolute Gasteiger partial charge is 0.310 e. The standard InChI is InChI=1S/C13H19N3O3/c1-3-19-13(18)10-5-4-6-16(8-10)12(17)11-7-14-9-15(11)2/h7,9-10H,3-6,8H2,1-2H3/t10-/m0/s1. The van der Waals surface area contributed by atoms with E-state index < -0.39 is 0 Å². The van der Waals surface area contributed by atoms with E-state index in [9.17, 15) is 9.59 Å². The number of imidazole rings is 1. The van der Waals surface area contributed by atoms with Crippen molar-refractivity contribution in [1.82, 2.24) is 14.5 Å². The maximum Gasteiger partial charge on any atom is 0.310 e. The second-order valence-corrected chi connectivity index (χ2v) is 4.73. The Morgan fingerprint density at radius 1 is 1.53 bits per heavy atom. The van der Waals surface area contributed by atoms with Crippen molar-refractivity contribution in [3.63, 3.8) is 0 Å². The molecule has 2 heterocycles. The summed E-state index contributed by atoms with van der Waals surface area (Å²) in [6, 6.07) is 0. The van der Waals surface area contributed by atoms with Crippen molar-refractivity contribution >= 4 is 11.9 Å². The Bertz CT molecular complexity index is 469. The predicted octanol–water partition coefficient (Wildman–Crippen LogP) is 0.835. The molecule has 0 unspecified atom stereocenters. The molecule has 2 rings (SSSR count). The predicted molar refractivity (Wildman–Crippen MR) is 68.5 cm³/mol. The molecule has 0 radical (unpaired) electrons. The third-order valence-electron chi connectivity index (χ3n) is 3.36. The molecule has 1 fully saturated rings. The minimum absolute atomic E-state index is 0.0750. The summed E-state index contributed by atoms with van der Waals surface area (Å²) in [4.78, 5) is 29.7. The second-order valence-electron chi connectivity index (χ2n) is 4.73. The lowest BCUT2D eigenvalue weighted by molar-refractivity contribution is -0.149. The lowest BCUT2D eigenvalue weighted by Gasteiger charge is -2.31. The lowest BCUT2D eigenvalue weighted by atomic mass is 9.98. The molecule has 19 heavy (non-hydrogen) atoms. The highest BCUT2D eigenvalue weighted by atomic mass is 16.5. The number of aromatic nitrogens is 2. The maximum atomic E-state index is 12.3. The van der Waals surface area contributed by atoms with Crippen LogP contribution in [0.4, 0.5) is 0 Å². The van der Waals surface area contributed by atoms with Crippen molar-refractivity contribution in [3.8, 4) is 0 Å². The van der Waals surface area contributed by atoms with Crippen LogP contribution >= 0.6 is 0 Å². The third kappa shape index (κ3) is 2.94. The zero-order chi connectivity index (χ0) is 13.8. The number of hydrogen-bond acceptors (Lipinski definition) is 4. The van der Waals surface area contributed by atoms with Crippen molar-refractivity contribution in [1.29, 1.82) is 0 Å². The molecule has 6 heteroatoms. The molecular formula is C13H19N3O3. The molecule has 1 atom stereocenters. The zero-order valence-electron chi connectivity index (χ0n) is 11.3. The van der Waals surface area contributed by atoms with Crippen molar-refractivity contribution < 1.29 is 14.3 Å². The number of nitrogens with zero attached hydrogens (tertiary/aromatic N) is 3. The van der Waals surface area contributed by atoms with Gasteiger partial charge < -0.3 is 14.2 Å². The van der Waals surface area contributed by atoms with Gasteiger partial charge in [-0.2, -0.15) is 0 Å². The molecule has 0 aromatic carbocycles. The van der Waals surface area contributed by atoms with Gasteiger partial charge in [-0.15, -0.1) is 0 Å². The molecule has 1 aliphatic heterocycles. The number of ether oxygens (including phenoxy) is 1. The van der Waals surface area contributed by atoms with E-state index in [-0.39, 0.29) is 17.8 Å². The topological polar surface area (TPSA) is 64.4 Å². The van der Waals surface area contributed by atoms with Crippen LogP contribution in [-0.2, 0) is 16.6 Å². The molecule has 0 N–H and O–H groups in total. The van der Waals surface area contributed by atoms with Crippen molar-refractivity contribution in [2.45, 2.75) is 19.8 Å². The molecule has 1 aromatic heterocycles. The maximum absolute atomic E-state index is 12.3. The van der Waals surface area contributed by atoms with Gasteiger partial charge in [-0.1, -0.05) is 0 Å². The van der Waals surface area contributed by atoms with E-state index in [0.717, 1.165) is 12.8 Å². The SMILES string of the molecule is CCOC(=O)[C@H]1CCCN(C(=O)c2cncn2C)C1. The molecule has 0 saturated carbocycles. The fourth-order valence-electron chi connectivity index (χ4n) is 2.34. The molecule has 104 valence electrons. The molecule has 1 saturated heterocycles. The Kier molecular flexibility index (Phi) is 4.19. The summed E-state index contributed by atoms with van der Waals surface area (Å²) in [5, 5.41) is 0. The minimum atomic E-state index is -0.204. The number of hydrogen-bond donors (Lipinski definition) is 0. The van der Waals surface area contributed by atoms with Gasteiger partial charge >= 0.3 is 5.97 Å². The second kappa shape index (κ2) is 5.86. The quantitative estimate of drug-likeness (QED) is 0.760. The summed E-state index contributed by atoms with van der Waals surface area (Å²) in [7, 11) is 1.78. The van der Waals surface area contributed by atoms with E-state index in [1.54, 1.807) is 36.0 Å². The van der Waals surface area contributed by atoms with Crippen LogP contribution in [0.15, 0.2) is 12.5 Å². The Balaban J connectivity index is 2.03. The van der Waals surface area contributed by atoms with Gasteiger partial charge in [-0.25, -0.2) is 4.98 Å². The fourth-order valence-corrected chi connectivity index (χ4v) is 2.34. The molecule has 0 bridgehead atoms. The summed E-state index contributed by atoms with van der Waals surface area (Å²) in [5.74, 6) is -0.482.